The molecule has 3 aromatic rings. The van der Waals surface area contributed by atoms with E-state index < -0.39 is 0 Å². The van der Waals surface area contributed by atoms with Gasteiger partial charge in [-0.25, -0.2) is 5.06 Å². The van der Waals surface area contributed by atoms with Crippen molar-refractivity contribution in [2.75, 3.05) is 14.2 Å². The van der Waals surface area contributed by atoms with Crippen LogP contribution in [-0.2, 0) is 11.4 Å². The topological polar surface area (TPSA) is 60.2 Å². The highest BCUT2D eigenvalue weighted by atomic mass is 16.7. The number of hydrogen-bond acceptors (Lipinski definition) is 4. The molecule has 0 aliphatic heterocycles. The van der Waals surface area contributed by atoms with Gasteiger partial charge >= 0.3 is 0 Å². The fraction of sp³-hybridized carbons (Fsp3) is 0.167. The number of carbonyl (C=O) groups is 1. The van der Waals surface area contributed by atoms with E-state index in [2.05, 4.69) is 10.1 Å². The summed E-state index contributed by atoms with van der Waals surface area (Å²) in [6.45, 7) is 0.581. The van der Waals surface area contributed by atoms with E-state index in [0.29, 0.717) is 17.8 Å². The van der Waals surface area contributed by atoms with E-state index >= 15 is 0 Å². The third kappa shape index (κ3) is 3.33. The van der Waals surface area contributed by atoms with Crippen molar-refractivity contribution in [1.82, 2.24) is 19.8 Å². The predicted octanol–water partition coefficient (Wildman–Crippen LogP) is 2.63. The van der Waals surface area contributed by atoms with Gasteiger partial charge in [-0.05, 0) is 17.7 Å². The molecule has 2 aromatic heterocycles. The molecule has 6 heteroatoms. The fourth-order valence-corrected chi connectivity index (χ4v) is 2.40. The van der Waals surface area contributed by atoms with Gasteiger partial charge < -0.3 is 0 Å². The molecular formula is C18H18N4O2. The minimum Gasteiger partial charge on any atom is -0.274 e. The summed E-state index contributed by atoms with van der Waals surface area (Å²) in [6.07, 6.45) is 5.12. The van der Waals surface area contributed by atoms with Gasteiger partial charge in [0.25, 0.3) is 5.91 Å². The van der Waals surface area contributed by atoms with Gasteiger partial charge in [-0.3, -0.25) is 19.3 Å². The molecule has 122 valence electrons. The fourth-order valence-electron chi connectivity index (χ4n) is 2.40. The molecule has 0 aliphatic carbocycles. The zero-order valence-corrected chi connectivity index (χ0v) is 13.6. The van der Waals surface area contributed by atoms with Crippen LogP contribution in [0.4, 0.5) is 0 Å². The second kappa shape index (κ2) is 7.06. The lowest BCUT2D eigenvalue weighted by atomic mass is 10.1. The normalized spacial score (nSPS) is 10.6. The van der Waals surface area contributed by atoms with Crippen LogP contribution in [0.5, 0.6) is 0 Å². The van der Waals surface area contributed by atoms with E-state index in [1.807, 2.05) is 42.5 Å². The first-order valence-corrected chi connectivity index (χ1v) is 7.53. The smallest absolute Gasteiger partial charge is 0.274 e. The SMILES string of the molecule is CON(C)C(=O)c1cn(Cc2ccccc2)nc1-c1cccnc1. The van der Waals surface area contributed by atoms with Gasteiger partial charge in [0.1, 0.15) is 5.69 Å². The van der Waals surface area contributed by atoms with Crippen LogP contribution in [0, 0.1) is 0 Å². The lowest BCUT2D eigenvalue weighted by Gasteiger charge is -2.13. The van der Waals surface area contributed by atoms with Crippen LogP contribution in [0.2, 0.25) is 0 Å². The molecule has 0 saturated carbocycles. The molecule has 0 atom stereocenters. The zero-order valence-electron chi connectivity index (χ0n) is 13.6. The summed E-state index contributed by atoms with van der Waals surface area (Å²) in [4.78, 5) is 21.7. The number of hydrogen-bond donors (Lipinski definition) is 0. The summed E-state index contributed by atoms with van der Waals surface area (Å²) in [5.41, 5.74) is 2.96. The second-order valence-electron chi connectivity index (χ2n) is 5.30. The Labute approximate surface area is 140 Å². The lowest BCUT2D eigenvalue weighted by molar-refractivity contribution is -0.0756. The Bertz CT molecular complexity index is 816. The van der Waals surface area contributed by atoms with E-state index in [9.17, 15) is 4.79 Å². The van der Waals surface area contributed by atoms with E-state index in [0.717, 1.165) is 11.1 Å². The Morgan fingerprint density at radius 3 is 2.67 bits per heavy atom. The number of hydroxylamine groups is 2. The van der Waals surface area contributed by atoms with Gasteiger partial charge in [-0.15, -0.1) is 0 Å². The number of amides is 1. The first-order chi connectivity index (χ1) is 11.7. The highest BCUT2D eigenvalue weighted by molar-refractivity contribution is 5.99. The molecule has 0 aliphatic rings. The average Bonchev–Trinajstić information content (AvgIpc) is 3.05. The molecule has 0 unspecified atom stereocenters. The summed E-state index contributed by atoms with van der Waals surface area (Å²) in [5.74, 6) is -0.254. The van der Waals surface area contributed by atoms with Crippen LogP contribution in [0.25, 0.3) is 11.3 Å². The van der Waals surface area contributed by atoms with Crippen molar-refractivity contribution in [1.29, 1.82) is 0 Å². The molecule has 6 nitrogen and oxygen atoms in total. The molecular weight excluding hydrogens is 304 g/mol. The summed E-state index contributed by atoms with van der Waals surface area (Å²) in [6, 6.07) is 13.7. The van der Waals surface area contributed by atoms with Gasteiger partial charge in [0.05, 0.1) is 19.2 Å². The van der Waals surface area contributed by atoms with E-state index in [-0.39, 0.29) is 5.91 Å². The van der Waals surface area contributed by atoms with Crippen LogP contribution in [0.15, 0.2) is 61.1 Å². The monoisotopic (exact) mass is 322 g/mol. The average molecular weight is 322 g/mol. The number of pyridine rings is 1. The molecule has 0 N–H and O–H groups in total. The van der Waals surface area contributed by atoms with Crippen molar-refractivity contribution >= 4 is 5.91 Å². The van der Waals surface area contributed by atoms with Crippen molar-refractivity contribution in [3.8, 4) is 11.3 Å². The minimum absolute atomic E-state index is 0.254. The maximum absolute atomic E-state index is 12.6. The standard InChI is InChI=1S/C18H18N4O2/c1-21(24-2)18(23)16-13-22(12-14-7-4-3-5-8-14)20-17(16)15-9-6-10-19-11-15/h3-11,13H,12H2,1-2H3. The third-order valence-corrected chi connectivity index (χ3v) is 3.67. The molecule has 1 aromatic carbocycles. The lowest BCUT2D eigenvalue weighted by Crippen LogP contribution is -2.25. The number of aromatic nitrogens is 3. The number of carbonyl (C=O) groups excluding carboxylic acids is 1. The highest BCUT2D eigenvalue weighted by Crippen LogP contribution is 2.23. The molecule has 0 radical (unpaired) electrons. The van der Waals surface area contributed by atoms with Gasteiger partial charge in [0, 0.05) is 31.2 Å². The van der Waals surface area contributed by atoms with Crippen LogP contribution >= 0.6 is 0 Å². The molecule has 0 fully saturated rings. The van der Waals surface area contributed by atoms with Crippen molar-refractivity contribution in [2.45, 2.75) is 6.54 Å². The predicted molar refractivity (Wildman–Crippen MR) is 90.1 cm³/mol. The van der Waals surface area contributed by atoms with Crippen LogP contribution in [0.3, 0.4) is 0 Å². The Morgan fingerprint density at radius 1 is 1.21 bits per heavy atom. The van der Waals surface area contributed by atoms with Crippen LogP contribution in [0.1, 0.15) is 15.9 Å². The van der Waals surface area contributed by atoms with Gasteiger partial charge in [0.15, 0.2) is 0 Å². The third-order valence-electron chi connectivity index (χ3n) is 3.67. The Kier molecular flexibility index (Phi) is 4.67. The highest BCUT2D eigenvalue weighted by Gasteiger charge is 2.21. The summed E-state index contributed by atoms with van der Waals surface area (Å²) in [7, 11) is 3.03. The summed E-state index contributed by atoms with van der Waals surface area (Å²) < 4.78 is 1.76. The maximum atomic E-state index is 12.6. The molecule has 0 bridgehead atoms. The first-order valence-electron chi connectivity index (χ1n) is 7.53. The Hall–Kier alpha value is -2.99. The van der Waals surface area contributed by atoms with Crippen molar-refractivity contribution in [2.24, 2.45) is 0 Å². The zero-order chi connectivity index (χ0) is 16.9. The number of benzene rings is 1. The van der Waals surface area contributed by atoms with E-state index in [4.69, 9.17) is 4.84 Å². The summed E-state index contributed by atoms with van der Waals surface area (Å²) >= 11 is 0. The van der Waals surface area contributed by atoms with Crippen LogP contribution in [-0.4, -0.2) is 39.9 Å². The molecule has 0 spiro atoms. The van der Waals surface area contributed by atoms with Crippen molar-refractivity contribution in [3.63, 3.8) is 0 Å². The first kappa shape index (κ1) is 15.9. The quantitative estimate of drug-likeness (QED) is 0.678. The number of nitrogens with zero attached hydrogens (tertiary/aromatic N) is 4. The largest absolute Gasteiger partial charge is 0.280 e. The number of rotatable bonds is 5. The Balaban J connectivity index is 2.01. The second-order valence-corrected chi connectivity index (χ2v) is 5.30. The molecule has 3 rings (SSSR count). The molecule has 24 heavy (non-hydrogen) atoms. The Morgan fingerprint density at radius 2 is 2.00 bits per heavy atom. The van der Waals surface area contributed by atoms with Gasteiger partial charge in [-0.2, -0.15) is 5.10 Å². The van der Waals surface area contributed by atoms with E-state index in [1.165, 1.54) is 12.2 Å². The molecule has 2 heterocycles. The van der Waals surface area contributed by atoms with Crippen molar-refractivity contribution in [3.05, 3.63) is 72.2 Å². The minimum atomic E-state index is -0.254. The summed E-state index contributed by atoms with van der Waals surface area (Å²) in [5, 5.41) is 5.77. The van der Waals surface area contributed by atoms with Crippen molar-refractivity contribution < 1.29 is 9.63 Å². The maximum Gasteiger partial charge on any atom is 0.280 e. The van der Waals surface area contributed by atoms with Crippen LogP contribution < -0.4 is 0 Å². The molecule has 1 amide bonds. The van der Waals surface area contributed by atoms with Gasteiger partial charge in [0.2, 0.25) is 0 Å². The molecule has 0 saturated heterocycles. The van der Waals surface area contributed by atoms with E-state index in [1.54, 1.807) is 30.3 Å². The van der Waals surface area contributed by atoms with Gasteiger partial charge in [-0.1, -0.05) is 30.3 Å².